The Bertz CT molecular complexity index is 1380. The Kier molecular flexibility index (Phi) is 5.21. The van der Waals surface area contributed by atoms with Crippen LogP contribution in [0.3, 0.4) is 0 Å². The van der Waals surface area contributed by atoms with E-state index in [0.29, 0.717) is 29.0 Å². The maximum atomic E-state index is 13.8. The Morgan fingerprint density at radius 3 is 2.54 bits per heavy atom. The highest BCUT2D eigenvalue weighted by Gasteiger charge is 2.43. The molecule has 1 aromatic carbocycles. The summed E-state index contributed by atoms with van der Waals surface area (Å²) in [6.45, 7) is 3.87. The van der Waals surface area contributed by atoms with E-state index in [1.54, 1.807) is 22.8 Å². The van der Waals surface area contributed by atoms with Gasteiger partial charge in [0, 0.05) is 30.9 Å². The van der Waals surface area contributed by atoms with E-state index in [9.17, 15) is 17.6 Å². The van der Waals surface area contributed by atoms with Gasteiger partial charge in [-0.1, -0.05) is 6.07 Å². The predicted molar refractivity (Wildman–Crippen MR) is 126 cm³/mol. The third-order valence-electron chi connectivity index (χ3n) is 7.00. The number of rotatable bonds is 4. The third kappa shape index (κ3) is 4.01. The van der Waals surface area contributed by atoms with Gasteiger partial charge in [-0.15, -0.1) is 5.10 Å². The number of pyridine rings is 1. The molecular formula is C24H22F4N6S. The smallest absolute Gasteiger partial charge is 0.361 e. The predicted octanol–water partition coefficient (Wildman–Crippen LogP) is 5.65. The molecule has 1 aliphatic carbocycles. The van der Waals surface area contributed by atoms with Gasteiger partial charge < -0.3 is 10.2 Å². The highest BCUT2D eigenvalue weighted by molar-refractivity contribution is 7.10. The molecule has 3 atom stereocenters. The summed E-state index contributed by atoms with van der Waals surface area (Å²) in [5.74, 6) is 0.0225. The fourth-order valence-electron chi connectivity index (χ4n) is 5.39. The van der Waals surface area contributed by atoms with Crippen LogP contribution >= 0.6 is 11.5 Å². The first kappa shape index (κ1) is 22.3. The van der Waals surface area contributed by atoms with Crippen molar-refractivity contribution in [2.45, 2.75) is 32.0 Å². The molecule has 1 aliphatic heterocycles. The number of benzene rings is 1. The van der Waals surface area contributed by atoms with Crippen LogP contribution in [0, 0.1) is 24.6 Å². The lowest BCUT2D eigenvalue weighted by Gasteiger charge is -2.38. The fourth-order valence-corrected chi connectivity index (χ4v) is 6.17. The van der Waals surface area contributed by atoms with Gasteiger partial charge in [-0.2, -0.15) is 22.5 Å². The van der Waals surface area contributed by atoms with Crippen LogP contribution < -0.4 is 10.2 Å². The zero-order valence-corrected chi connectivity index (χ0v) is 19.6. The number of hydrogen-bond acceptors (Lipinski definition) is 6. The van der Waals surface area contributed by atoms with Gasteiger partial charge >= 0.3 is 6.18 Å². The summed E-state index contributed by atoms with van der Waals surface area (Å²) in [6.07, 6.45) is -0.845. The average molecular weight is 503 g/mol. The standard InChI is InChI=1S/C24H22F4N6S/c1-13-9-20(35-32-13)33-11-15-4-5-16(12-33)21(15)29-23-30-22-17(3-2-8-34(22)31-23)14-6-7-19(25)18(10-14)24(26,27)28/h2-3,6-10,15-16,21H,4-5,11-12H2,1H3,(H,29,31)/t15-,16+,21-. The van der Waals surface area contributed by atoms with Gasteiger partial charge in [0.25, 0.3) is 0 Å². The van der Waals surface area contributed by atoms with Crippen molar-refractivity contribution in [1.29, 1.82) is 0 Å². The molecule has 2 bridgehead atoms. The number of nitrogens with one attached hydrogen (secondary N) is 1. The Morgan fingerprint density at radius 1 is 1.09 bits per heavy atom. The molecule has 1 saturated heterocycles. The topological polar surface area (TPSA) is 58.4 Å². The Morgan fingerprint density at radius 2 is 1.86 bits per heavy atom. The molecule has 182 valence electrons. The molecule has 2 aliphatic rings. The molecule has 1 N–H and O–H groups in total. The summed E-state index contributed by atoms with van der Waals surface area (Å²) in [7, 11) is 0. The van der Waals surface area contributed by atoms with Crippen molar-refractivity contribution in [3.63, 3.8) is 0 Å². The van der Waals surface area contributed by atoms with E-state index in [-0.39, 0.29) is 11.6 Å². The molecule has 0 unspecified atom stereocenters. The average Bonchev–Trinajstić information content (AvgIpc) is 3.48. The fraction of sp³-hybridized carbons (Fsp3) is 0.375. The first-order valence-corrected chi connectivity index (χ1v) is 12.2. The monoisotopic (exact) mass is 502 g/mol. The van der Waals surface area contributed by atoms with Crippen LogP contribution in [-0.4, -0.2) is 38.1 Å². The molecule has 6 nitrogen and oxygen atoms in total. The molecule has 3 aromatic heterocycles. The van der Waals surface area contributed by atoms with E-state index >= 15 is 0 Å². The number of halogens is 4. The first-order chi connectivity index (χ1) is 16.8. The van der Waals surface area contributed by atoms with E-state index in [4.69, 9.17) is 0 Å². The molecule has 35 heavy (non-hydrogen) atoms. The van der Waals surface area contributed by atoms with Crippen LogP contribution in [0.5, 0.6) is 0 Å². The lowest BCUT2D eigenvalue weighted by atomic mass is 9.92. The van der Waals surface area contributed by atoms with Gasteiger partial charge in [-0.05, 0) is 79.0 Å². The van der Waals surface area contributed by atoms with Crippen molar-refractivity contribution < 1.29 is 17.6 Å². The maximum absolute atomic E-state index is 13.8. The number of fused-ring (bicyclic) bond motifs is 3. The minimum absolute atomic E-state index is 0.226. The van der Waals surface area contributed by atoms with E-state index in [1.807, 2.05) is 6.92 Å². The highest BCUT2D eigenvalue weighted by Crippen LogP contribution is 2.41. The van der Waals surface area contributed by atoms with Crippen LogP contribution in [-0.2, 0) is 6.18 Å². The van der Waals surface area contributed by atoms with E-state index in [2.05, 4.69) is 30.7 Å². The number of alkyl halides is 3. The Hall–Kier alpha value is -3.21. The minimum Gasteiger partial charge on any atom is -0.361 e. The summed E-state index contributed by atoms with van der Waals surface area (Å²) in [5.41, 5.74) is 0.841. The zero-order valence-electron chi connectivity index (χ0n) is 18.8. The van der Waals surface area contributed by atoms with Gasteiger partial charge in [-0.25, -0.2) is 8.91 Å². The summed E-state index contributed by atoms with van der Waals surface area (Å²) >= 11 is 1.53. The van der Waals surface area contributed by atoms with Crippen molar-refractivity contribution in [3.05, 3.63) is 59.7 Å². The number of nitrogens with zero attached hydrogens (tertiary/aromatic N) is 5. The highest BCUT2D eigenvalue weighted by atomic mass is 32.1. The molecule has 1 saturated carbocycles. The van der Waals surface area contributed by atoms with Gasteiger partial charge in [-0.3, -0.25) is 0 Å². The van der Waals surface area contributed by atoms with Gasteiger partial charge in [0.15, 0.2) is 5.65 Å². The first-order valence-electron chi connectivity index (χ1n) is 11.4. The quantitative estimate of drug-likeness (QED) is 0.366. The normalized spacial score (nSPS) is 22.2. The van der Waals surface area contributed by atoms with Gasteiger partial charge in [0.1, 0.15) is 10.8 Å². The lowest BCUT2D eigenvalue weighted by Crippen LogP contribution is -2.48. The summed E-state index contributed by atoms with van der Waals surface area (Å²) in [4.78, 5) is 7.03. The summed E-state index contributed by atoms with van der Waals surface area (Å²) in [6, 6.07) is 8.71. The number of aromatic nitrogens is 4. The van der Waals surface area contributed by atoms with Crippen LogP contribution in [0.4, 0.5) is 28.5 Å². The molecule has 0 radical (unpaired) electrons. The van der Waals surface area contributed by atoms with Crippen molar-refractivity contribution in [2.75, 3.05) is 23.3 Å². The van der Waals surface area contributed by atoms with Crippen LogP contribution in [0.15, 0.2) is 42.6 Å². The molecule has 4 aromatic rings. The Balaban J connectivity index is 1.27. The second-order valence-electron chi connectivity index (χ2n) is 9.30. The van der Waals surface area contributed by atoms with Crippen LogP contribution in [0.25, 0.3) is 16.8 Å². The van der Waals surface area contributed by atoms with E-state index in [0.717, 1.165) is 43.8 Å². The molecule has 11 heteroatoms. The second-order valence-corrected chi connectivity index (χ2v) is 10.1. The van der Waals surface area contributed by atoms with E-state index < -0.39 is 17.6 Å². The Labute approximate surface area is 202 Å². The van der Waals surface area contributed by atoms with Crippen LogP contribution in [0.1, 0.15) is 24.1 Å². The SMILES string of the molecule is Cc1cc(N2C[C@H]3CC[C@@H](C2)[C@@H]3Nc2nc3c(-c4ccc(F)c(C(F)(F)F)c4)cccn3n2)sn1. The van der Waals surface area contributed by atoms with Gasteiger partial charge in [0.2, 0.25) is 5.95 Å². The molecular weight excluding hydrogens is 480 g/mol. The second kappa shape index (κ2) is 8.18. The molecule has 4 heterocycles. The minimum atomic E-state index is -4.78. The number of aryl methyl sites for hydroxylation is 1. The maximum Gasteiger partial charge on any atom is 0.419 e. The summed E-state index contributed by atoms with van der Waals surface area (Å²) < 4.78 is 59.5. The van der Waals surface area contributed by atoms with Crippen LogP contribution in [0.2, 0.25) is 0 Å². The number of anilines is 2. The number of hydrogen-bond donors (Lipinski definition) is 1. The number of piperidine rings is 1. The zero-order chi connectivity index (χ0) is 24.3. The molecule has 0 amide bonds. The molecule has 6 rings (SSSR count). The summed E-state index contributed by atoms with van der Waals surface area (Å²) in [5, 5.41) is 9.25. The molecule has 2 fully saturated rings. The largest absolute Gasteiger partial charge is 0.419 e. The van der Waals surface area contributed by atoms with Crippen molar-refractivity contribution in [1.82, 2.24) is 19.0 Å². The van der Waals surface area contributed by atoms with Crippen molar-refractivity contribution in [3.8, 4) is 11.1 Å². The van der Waals surface area contributed by atoms with Gasteiger partial charge in [0.05, 0.1) is 11.3 Å². The third-order valence-corrected chi connectivity index (χ3v) is 7.94. The van der Waals surface area contributed by atoms with Crippen molar-refractivity contribution >= 4 is 28.1 Å². The lowest BCUT2D eigenvalue weighted by molar-refractivity contribution is -0.139. The van der Waals surface area contributed by atoms with Crippen molar-refractivity contribution in [2.24, 2.45) is 11.8 Å². The molecule has 0 spiro atoms. The van der Waals surface area contributed by atoms with E-state index in [1.165, 1.54) is 22.6 Å².